The molecule has 2 heterocycles. The van der Waals surface area contributed by atoms with Crippen LogP contribution in [0.1, 0.15) is 0 Å². The molecular formula is C54H38N4. The molecular weight excluding hydrogens is 705 g/mol. The first kappa shape index (κ1) is 33.5. The van der Waals surface area contributed by atoms with Crippen molar-refractivity contribution in [2.45, 2.75) is 0 Å². The number of para-hydroxylation sites is 4. The van der Waals surface area contributed by atoms with Crippen LogP contribution in [0.3, 0.4) is 0 Å². The van der Waals surface area contributed by atoms with Crippen molar-refractivity contribution in [2.24, 2.45) is 0 Å². The van der Waals surface area contributed by atoms with Crippen molar-refractivity contribution in [3.63, 3.8) is 0 Å². The summed E-state index contributed by atoms with van der Waals surface area (Å²) in [5.74, 6) is 0. The van der Waals surface area contributed by atoms with Crippen LogP contribution in [0, 0.1) is 0 Å². The van der Waals surface area contributed by atoms with Crippen molar-refractivity contribution in [3.8, 4) is 22.3 Å². The van der Waals surface area contributed by atoms with Gasteiger partial charge in [-0.3, -0.25) is 0 Å². The average Bonchev–Trinajstić information content (AvgIpc) is 3.30. The van der Waals surface area contributed by atoms with E-state index in [0.717, 1.165) is 79.4 Å². The van der Waals surface area contributed by atoms with E-state index >= 15 is 0 Å². The second-order valence-electron chi connectivity index (χ2n) is 14.7. The van der Waals surface area contributed by atoms with E-state index < -0.39 is 0 Å². The molecule has 0 unspecified atom stereocenters. The topological polar surface area (TPSA) is 13.0 Å². The first-order valence-corrected chi connectivity index (χ1v) is 19.8. The standard InChI is InChI=1S/C54H38N4/c1-7-19-39(20-8-1)41-31-33-48-50(35-41)56(45-27-15-5-16-28-45)52-37-47(55(43-23-11-3-12-24-43)44-25-13-4-14-26-44)38-53-54(52)58(48)49-34-32-42(40-21-9-2-10-22-40)36-51(49)57(53)46-29-17-6-18-30-46/h1-38H. The Morgan fingerprint density at radius 2 is 0.603 bits per heavy atom. The summed E-state index contributed by atoms with van der Waals surface area (Å²) < 4.78 is 0. The molecule has 58 heavy (non-hydrogen) atoms. The van der Waals surface area contributed by atoms with Crippen LogP contribution in [0.4, 0.5) is 68.2 Å². The van der Waals surface area contributed by atoms with Crippen LogP contribution >= 0.6 is 0 Å². The van der Waals surface area contributed by atoms with Crippen molar-refractivity contribution in [2.75, 3.05) is 19.6 Å². The van der Waals surface area contributed by atoms with E-state index in [4.69, 9.17) is 0 Å². The SMILES string of the molecule is c1ccc(-c2ccc3c(c2)N(c2ccccc2)c2cc(N(c4ccccc4)c4ccccc4)cc4c2N3c2ccc(-c3ccccc3)cc2N4c2ccccc2)cc1. The molecule has 0 aromatic heterocycles. The highest BCUT2D eigenvalue weighted by Gasteiger charge is 2.40. The third-order valence-corrected chi connectivity index (χ3v) is 11.2. The van der Waals surface area contributed by atoms with Gasteiger partial charge in [-0.05, 0) is 107 Å². The molecule has 274 valence electrons. The molecule has 0 radical (unpaired) electrons. The molecule has 4 heteroatoms. The molecule has 0 amide bonds. The van der Waals surface area contributed by atoms with E-state index in [1.54, 1.807) is 0 Å². The summed E-state index contributed by atoms with van der Waals surface area (Å²) in [6.45, 7) is 0. The van der Waals surface area contributed by atoms with Gasteiger partial charge < -0.3 is 19.6 Å². The third-order valence-electron chi connectivity index (χ3n) is 11.2. The van der Waals surface area contributed by atoms with E-state index in [-0.39, 0.29) is 0 Å². The summed E-state index contributed by atoms with van der Waals surface area (Å²) in [6.07, 6.45) is 0. The number of rotatable bonds is 7. The lowest BCUT2D eigenvalue weighted by Crippen LogP contribution is -2.31. The maximum Gasteiger partial charge on any atom is 0.0949 e. The minimum atomic E-state index is 1.05. The molecule has 9 aromatic rings. The van der Waals surface area contributed by atoms with Gasteiger partial charge in [-0.1, -0.05) is 146 Å². The quantitative estimate of drug-likeness (QED) is 0.161. The highest BCUT2D eigenvalue weighted by atomic mass is 15.3. The fraction of sp³-hybridized carbons (Fsp3) is 0. The molecule has 4 nitrogen and oxygen atoms in total. The molecule has 9 aromatic carbocycles. The molecule has 0 saturated heterocycles. The molecule has 0 bridgehead atoms. The Balaban J connectivity index is 1.26. The van der Waals surface area contributed by atoms with Crippen LogP contribution in [-0.2, 0) is 0 Å². The third kappa shape index (κ3) is 5.62. The highest BCUT2D eigenvalue weighted by molar-refractivity contribution is 6.14. The molecule has 11 rings (SSSR count). The predicted octanol–water partition coefficient (Wildman–Crippen LogP) is 15.5. The number of hydrogen-bond donors (Lipinski definition) is 0. The number of hydrogen-bond acceptors (Lipinski definition) is 4. The van der Waals surface area contributed by atoms with Gasteiger partial charge in [0, 0.05) is 22.7 Å². The summed E-state index contributed by atoms with van der Waals surface area (Å²) in [6, 6.07) is 83.0. The number of benzene rings is 9. The van der Waals surface area contributed by atoms with Gasteiger partial charge in [-0.2, -0.15) is 0 Å². The Bertz CT molecular complexity index is 2690. The smallest absolute Gasteiger partial charge is 0.0949 e. The van der Waals surface area contributed by atoms with Gasteiger partial charge in [-0.15, -0.1) is 0 Å². The lowest BCUT2D eigenvalue weighted by atomic mass is 9.94. The van der Waals surface area contributed by atoms with Crippen LogP contribution in [0.2, 0.25) is 0 Å². The Kier molecular flexibility index (Phi) is 8.11. The maximum absolute atomic E-state index is 2.50. The molecule has 2 aliphatic heterocycles. The normalized spacial score (nSPS) is 12.4. The minimum Gasteiger partial charge on any atom is -0.310 e. The first-order valence-electron chi connectivity index (χ1n) is 19.8. The summed E-state index contributed by atoms with van der Waals surface area (Å²) in [4.78, 5) is 9.79. The second-order valence-corrected chi connectivity index (χ2v) is 14.7. The largest absolute Gasteiger partial charge is 0.310 e. The molecule has 0 N–H and O–H groups in total. The van der Waals surface area contributed by atoms with Crippen molar-refractivity contribution >= 4 is 68.2 Å². The van der Waals surface area contributed by atoms with Crippen molar-refractivity contribution in [1.29, 1.82) is 0 Å². The molecule has 0 spiro atoms. The summed E-state index contributed by atoms with van der Waals surface area (Å²) in [5.41, 5.74) is 17.9. The van der Waals surface area contributed by atoms with Gasteiger partial charge >= 0.3 is 0 Å². The second kappa shape index (κ2) is 14.0. The summed E-state index contributed by atoms with van der Waals surface area (Å²) in [7, 11) is 0. The summed E-state index contributed by atoms with van der Waals surface area (Å²) in [5, 5.41) is 0. The van der Waals surface area contributed by atoms with Gasteiger partial charge in [0.1, 0.15) is 0 Å². The average molecular weight is 743 g/mol. The monoisotopic (exact) mass is 742 g/mol. The van der Waals surface area contributed by atoms with Gasteiger partial charge in [0.2, 0.25) is 0 Å². The lowest BCUT2D eigenvalue weighted by Gasteiger charge is -2.47. The summed E-state index contributed by atoms with van der Waals surface area (Å²) >= 11 is 0. The van der Waals surface area contributed by atoms with Crippen molar-refractivity contribution < 1.29 is 0 Å². The van der Waals surface area contributed by atoms with Gasteiger partial charge in [0.25, 0.3) is 0 Å². The van der Waals surface area contributed by atoms with E-state index in [2.05, 4.69) is 250 Å². The lowest BCUT2D eigenvalue weighted by molar-refractivity contribution is 1.11. The maximum atomic E-state index is 2.50. The number of anilines is 12. The van der Waals surface area contributed by atoms with E-state index in [9.17, 15) is 0 Å². The van der Waals surface area contributed by atoms with Crippen LogP contribution in [0.15, 0.2) is 231 Å². The zero-order valence-electron chi connectivity index (χ0n) is 31.7. The van der Waals surface area contributed by atoms with E-state index in [1.807, 2.05) is 0 Å². The van der Waals surface area contributed by atoms with Gasteiger partial charge in [0.15, 0.2) is 0 Å². The Hall–Kier alpha value is -7.82. The van der Waals surface area contributed by atoms with Gasteiger partial charge in [0.05, 0.1) is 45.5 Å². The van der Waals surface area contributed by atoms with E-state index in [0.29, 0.717) is 0 Å². The first-order chi connectivity index (χ1) is 28.8. The van der Waals surface area contributed by atoms with Crippen molar-refractivity contribution in [1.82, 2.24) is 0 Å². The highest BCUT2D eigenvalue weighted by Crippen LogP contribution is 2.65. The predicted molar refractivity (Wildman–Crippen MR) is 243 cm³/mol. The molecule has 2 aliphatic rings. The number of fused-ring (bicyclic) bond motifs is 4. The van der Waals surface area contributed by atoms with Crippen molar-refractivity contribution in [3.05, 3.63) is 231 Å². The van der Waals surface area contributed by atoms with Crippen LogP contribution in [0.5, 0.6) is 0 Å². The molecule has 0 atom stereocenters. The van der Waals surface area contributed by atoms with E-state index in [1.165, 1.54) is 11.1 Å². The van der Waals surface area contributed by atoms with Gasteiger partial charge in [-0.25, -0.2) is 0 Å². The minimum absolute atomic E-state index is 1.05. The Morgan fingerprint density at radius 3 is 1.00 bits per heavy atom. The zero-order valence-corrected chi connectivity index (χ0v) is 31.7. The van der Waals surface area contributed by atoms with Crippen LogP contribution < -0.4 is 19.6 Å². The van der Waals surface area contributed by atoms with Crippen LogP contribution in [0.25, 0.3) is 22.3 Å². The van der Waals surface area contributed by atoms with Crippen LogP contribution in [-0.4, -0.2) is 0 Å². The zero-order chi connectivity index (χ0) is 38.4. The molecule has 0 fully saturated rings. The Labute approximate surface area is 339 Å². The Morgan fingerprint density at radius 1 is 0.241 bits per heavy atom. The fourth-order valence-electron chi connectivity index (χ4n) is 8.63. The molecule has 0 aliphatic carbocycles. The number of nitrogens with zero attached hydrogens (tertiary/aromatic N) is 4. The fourth-order valence-corrected chi connectivity index (χ4v) is 8.63. The molecule has 0 saturated carbocycles.